The second-order valence-corrected chi connectivity index (χ2v) is 4.36. The molecular weight excluding hydrogens is 250 g/mol. The molecule has 0 saturated carbocycles. The Morgan fingerprint density at radius 3 is 2.86 bits per heavy atom. The molecule has 1 aliphatic rings. The fourth-order valence-electron chi connectivity index (χ4n) is 1.70. The van der Waals surface area contributed by atoms with E-state index in [1.165, 1.54) is 0 Å². The number of likely N-dealkylation sites (tertiary alicyclic amines) is 1. The maximum absolute atomic E-state index is 11.5. The minimum atomic E-state index is -0.854. The van der Waals surface area contributed by atoms with Gasteiger partial charge in [0.2, 0.25) is 5.91 Å². The van der Waals surface area contributed by atoms with Crippen LogP contribution in [0.1, 0.15) is 19.8 Å². The van der Waals surface area contributed by atoms with E-state index in [0.717, 1.165) is 5.33 Å². The summed E-state index contributed by atoms with van der Waals surface area (Å²) < 4.78 is 0. The van der Waals surface area contributed by atoms with Crippen LogP contribution in [0.15, 0.2) is 0 Å². The third-order valence-electron chi connectivity index (χ3n) is 2.46. The molecule has 14 heavy (non-hydrogen) atoms. The van der Waals surface area contributed by atoms with Gasteiger partial charge in [0, 0.05) is 24.3 Å². The average Bonchev–Trinajstić information content (AvgIpc) is 2.45. The van der Waals surface area contributed by atoms with Crippen molar-refractivity contribution in [1.29, 1.82) is 0 Å². The van der Waals surface area contributed by atoms with E-state index in [2.05, 4.69) is 15.9 Å². The molecule has 0 aromatic heterocycles. The van der Waals surface area contributed by atoms with Crippen molar-refractivity contribution in [2.75, 3.05) is 11.9 Å². The molecule has 1 aliphatic heterocycles. The van der Waals surface area contributed by atoms with E-state index < -0.39 is 5.97 Å². The van der Waals surface area contributed by atoms with E-state index in [0.29, 0.717) is 18.9 Å². The van der Waals surface area contributed by atoms with Gasteiger partial charge in [-0.25, -0.2) is 0 Å². The number of carboxylic acids is 1. The number of amides is 1. The predicted molar refractivity (Wildman–Crippen MR) is 55.3 cm³/mol. The maximum Gasteiger partial charge on any atom is 0.305 e. The summed E-state index contributed by atoms with van der Waals surface area (Å²) in [7, 11) is 0. The lowest BCUT2D eigenvalue weighted by Crippen LogP contribution is -2.36. The molecule has 5 heteroatoms. The fraction of sp³-hybridized carbons (Fsp3) is 0.778. The van der Waals surface area contributed by atoms with Gasteiger partial charge in [0.1, 0.15) is 0 Å². The number of alkyl halides is 1. The molecule has 1 rings (SSSR count). The highest BCUT2D eigenvalue weighted by Gasteiger charge is 2.32. The van der Waals surface area contributed by atoms with Crippen molar-refractivity contribution >= 4 is 27.8 Å². The first-order chi connectivity index (χ1) is 6.54. The molecule has 0 radical (unpaired) electrons. The molecule has 0 aromatic carbocycles. The second kappa shape index (κ2) is 4.77. The van der Waals surface area contributed by atoms with E-state index in [1.807, 2.05) is 0 Å². The average molecular weight is 264 g/mol. The Morgan fingerprint density at radius 1 is 1.79 bits per heavy atom. The molecule has 1 fully saturated rings. The lowest BCUT2D eigenvalue weighted by atomic mass is 10.1. The lowest BCUT2D eigenvalue weighted by Gasteiger charge is -2.23. The number of carbonyl (C=O) groups excluding carboxylic acids is 1. The van der Waals surface area contributed by atoms with Crippen LogP contribution in [0.2, 0.25) is 0 Å². The molecule has 0 bridgehead atoms. The van der Waals surface area contributed by atoms with Crippen molar-refractivity contribution in [2.24, 2.45) is 5.92 Å². The maximum atomic E-state index is 11.5. The molecule has 0 spiro atoms. The van der Waals surface area contributed by atoms with Gasteiger partial charge < -0.3 is 10.0 Å². The monoisotopic (exact) mass is 263 g/mol. The zero-order valence-electron chi connectivity index (χ0n) is 8.07. The van der Waals surface area contributed by atoms with Crippen molar-refractivity contribution in [3.63, 3.8) is 0 Å². The van der Waals surface area contributed by atoms with Crippen molar-refractivity contribution < 1.29 is 14.7 Å². The minimum absolute atomic E-state index is 0.0285. The minimum Gasteiger partial charge on any atom is -0.481 e. The van der Waals surface area contributed by atoms with Crippen molar-refractivity contribution in [3.05, 3.63) is 0 Å². The molecule has 2 unspecified atom stereocenters. The molecule has 80 valence electrons. The standard InChI is InChI=1S/C9H14BrNO3/c1-6(2-9(13)14)11-5-7(4-10)3-8(11)12/h6-7H,2-5H2,1H3,(H,13,14). The molecule has 1 saturated heterocycles. The van der Waals surface area contributed by atoms with Crippen LogP contribution in [0, 0.1) is 5.92 Å². The van der Waals surface area contributed by atoms with Crippen molar-refractivity contribution in [3.8, 4) is 0 Å². The van der Waals surface area contributed by atoms with Crippen LogP contribution in [0.25, 0.3) is 0 Å². The highest BCUT2D eigenvalue weighted by molar-refractivity contribution is 9.09. The van der Waals surface area contributed by atoms with E-state index in [4.69, 9.17) is 5.11 Å². The van der Waals surface area contributed by atoms with Gasteiger partial charge in [0.05, 0.1) is 6.42 Å². The summed E-state index contributed by atoms with van der Waals surface area (Å²) in [5.41, 5.74) is 0. The summed E-state index contributed by atoms with van der Waals surface area (Å²) in [6.45, 7) is 2.46. The Balaban J connectivity index is 2.52. The Bertz CT molecular complexity index is 244. The van der Waals surface area contributed by atoms with Gasteiger partial charge >= 0.3 is 5.97 Å². The Labute approximate surface area is 91.4 Å². The van der Waals surface area contributed by atoms with E-state index in [1.54, 1.807) is 11.8 Å². The predicted octanol–water partition coefficient (Wildman–Crippen LogP) is 1.09. The van der Waals surface area contributed by atoms with Crippen LogP contribution in [-0.4, -0.2) is 39.8 Å². The van der Waals surface area contributed by atoms with Crippen LogP contribution in [-0.2, 0) is 9.59 Å². The Kier molecular flexibility index (Phi) is 3.92. The summed E-state index contributed by atoms with van der Waals surface area (Å²) in [6.07, 6.45) is 0.565. The van der Waals surface area contributed by atoms with Crippen LogP contribution in [0.4, 0.5) is 0 Å². The number of hydrogen-bond acceptors (Lipinski definition) is 2. The fourth-order valence-corrected chi connectivity index (χ4v) is 2.13. The third-order valence-corrected chi connectivity index (χ3v) is 3.37. The van der Waals surface area contributed by atoms with E-state index in [-0.39, 0.29) is 18.4 Å². The number of rotatable bonds is 4. The van der Waals surface area contributed by atoms with Gasteiger partial charge in [-0.1, -0.05) is 15.9 Å². The largest absolute Gasteiger partial charge is 0.481 e. The van der Waals surface area contributed by atoms with Gasteiger partial charge in [0.15, 0.2) is 0 Å². The number of halogens is 1. The summed E-state index contributed by atoms with van der Waals surface area (Å²) in [4.78, 5) is 23.6. The lowest BCUT2D eigenvalue weighted by molar-refractivity contribution is -0.139. The molecule has 1 N–H and O–H groups in total. The van der Waals surface area contributed by atoms with Gasteiger partial charge in [0.25, 0.3) is 0 Å². The first-order valence-corrected chi connectivity index (χ1v) is 5.74. The first kappa shape index (κ1) is 11.5. The molecule has 4 nitrogen and oxygen atoms in total. The highest BCUT2D eigenvalue weighted by atomic mass is 79.9. The van der Waals surface area contributed by atoms with Crippen molar-refractivity contribution in [2.45, 2.75) is 25.8 Å². The van der Waals surface area contributed by atoms with Crippen LogP contribution >= 0.6 is 15.9 Å². The smallest absolute Gasteiger partial charge is 0.305 e. The Hall–Kier alpha value is -0.580. The second-order valence-electron chi connectivity index (χ2n) is 3.72. The van der Waals surface area contributed by atoms with Crippen LogP contribution in [0.5, 0.6) is 0 Å². The number of nitrogens with zero attached hydrogens (tertiary/aromatic N) is 1. The number of hydrogen-bond donors (Lipinski definition) is 1. The number of carboxylic acid groups (broad SMARTS) is 1. The molecule has 2 atom stereocenters. The zero-order chi connectivity index (χ0) is 10.7. The summed E-state index contributed by atoms with van der Waals surface area (Å²) in [6, 6.07) is -0.191. The van der Waals surface area contributed by atoms with Crippen LogP contribution < -0.4 is 0 Å². The van der Waals surface area contributed by atoms with E-state index >= 15 is 0 Å². The summed E-state index contributed by atoms with van der Waals surface area (Å²) in [5.74, 6) is -0.450. The van der Waals surface area contributed by atoms with Gasteiger partial charge in [-0.05, 0) is 12.8 Å². The number of carbonyl (C=O) groups is 2. The topological polar surface area (TPSA) is 57.6 Å². The highest BCUT2D eigenvalue weighted by Crippen LogP contribution is 2.22. The number of aliphatic carboxylic acids is 1. The summed E-state index contributed by atoms with van der Waals surface area (Å²) >= 11 is 3.34. The van der Waals surface area contributed by atoms with Gasteiger partial charge in [-0.15, -0.1) is 0 Å². The molecule has 0 aromatic rings. The van der Waals surface area contributed by atoms with Crippen molar-refractivity contribution in [1.82, 2.24) is 4.90 Å². The third kappa shape index (κ3) is 2.70. The molecule has 1 amide bonds. The van der Waals surface area contributed by atoms with Crippen LogP contribution in [0.3, 0.4) is 0 Å². The Morgan fingerprint density at radius 2 is 2.43 bits per heavy atom. The van der Waals surface area contributed by atoms with Gasteiger partial charge in [-0.2, -0.15) is 0 Å². The zero-order valence-corrected chi connectivity index (χ0v) is 9.66. The molecule has 0 aliphatic carbocycles. The SMILES string of the molecule is CC(CC(=O)O)N1CC(CBr)CC1=O. The summed E-state index contributed by atoms with van der Waals surface area (Å²) in [5, 5.41) is 9.41. The normalized spacial score (nSPS) is 24.0. The van der Waals surface area contributed by atoms with E-state index in [9.17, 15) is 9.59 Å². The first-order valence-electron chi connectivity index (χ1n) is 4.61. The molecular formula is C9H14BrNO3. The van der Waals surface area contributed by atoms with Gasteiger partial charge in [-0.3, -0.25) is 9.59 Å². The quantitative estimate of drug-likeness (QED) is 0.773. The molecule has 1 heterocycles.